The molecule has 3 aromatic carbocycles. The zero-order valence-electron chi connectivity index (χ0n) is 21.7. The molecule has 0 amide bonds. The molecule has 6 N–H and O–H groups in total. The van der Waals surface area contributed by atoms with Gasteiger partial charge in [-0.3, -0.25) is 4.79 Å². The van der Waals surface area contributed by atoms with Gasteiger partial charge in [0, 0.05) is 29.8 Å². The van der Waals surface area contributed by atoms with E-state index in [9.17, 15) is 40.2 Å². The first kappa shape index (κ1) is 28.6. The molecule has 0 unspecified atom stereocenters. The molecule has 12 heteroatoms. The lowest BCUT2D eigenvalue weighted by atomic mass is 9.99. The van der Waals surface area contributed by atoms with Crippen LogP contribution in [0, 0.1) is 0 Å². The van der Waals surface area contributed by atoms with Gasteiger partial charge in [-0.15, -0.1) is 0 Å². The van der Waals surface area contributed by atoms with E-state index >= 15 is 0 Å². The maximum Gasteiger partial charge on any atom is 0.330 e. The highest BCUT2D eigenvalue weighted by molar-refractivity contribution is 5.87. The summed E-state index contributed by atoms with van der Waals surface area (Å²) in [6.45, 7) is -0.503. The maximum atomic E-state index is 12.7. The number of ether oxygens (including phenoxy) is 3. The monoisotopic (exact) mass is 578 g/mol. The van der Waals surface area contributed by atoms with Gasteiger partial charge in [-0.05, 0) is 48.0 Å². The van der Waals surface area contributed by atoms with Crippen LogP contribution in [0.3, 0.4) is 0 Å². The van der Waals surface area contributed by atoms with Gasteiger partial charge in [0.25, 0.3) is 0 Å². The number of carbonyl (C=O) groups excluding carboxylic acids is 1. The Morgan fingerprint density at radius 3 is 2.21 bits per heavy atom. The molecular formula is C30H26O12. The third-order valence-corrected chi connectivity index (χ3v) is 6.55. The largest absolute Gasteiger partial charge is 0.508 e. The second-order valence-corrected chi connectivity index (χ2v) is 9.52. The fraction of sp³-hybridized carbons (Fsp3) is 0.200. The van der Waals surface area contributed by atoms with Crippen molar-refractivity contribution in [3.63, 3.8) is 0 Å². The Morgan fingerprint density at radius 1 is 0.857 bits per heavy atom. The van der Waals surface area contributed by atoms with E-state index < -0.39 is 54.5 Å². The topological polar surface area (TPSA) is 196 Å². The van der Waals surface area contributed by atoms with E-state index in [0.717, 1.165) is 12.1 Å². The lowest BCUT2D eigenvalue weighted by Gasteiger charge is -2.39. The van der Waals surface area contributed by atoms with Crippen LogP contribution in [0.25, 0.3) is 28.4 Å². The molecule has 42 heavy (non-hydrogen) atoms. The van der Waals surface area contributed by atoms with Crippen LogP contribution < -0.4 is 10.2 Å². The van der Waals surface area contributed by atoms with E-state index in [1.54, 1.807) is 12.1 Å². The summed E-state index contributed by atoms with van der Waals surface area (Å²) in [6.07, 6.45) is -5.43. The minimum atomic E-state index is -1.74. The molecule has 5 rings (SSSR count). The molecule has 2 heterocycles. The second kappa shape index (κ2) is 11.9. The summed E-state index contributed by atoms with van der Waals surface area (Å²) in [4.78, 5) is 24.9. The average Bonchev–Trinajstić information content (AvgIpc) is 2.96. The summed E-state index contributed by atoms with van der Waals surface area (Å²) >= 11 is 0. The number of fused-ring (bicyclic) bond motifs is 1. The van der Waals surface area contributed by atoms with E-state index in [1.807, 2.05) is 0 Å². The van der Waals surface area contributed by atoms with Crippen molar-refractivity contribution >= 4 is 23.0 Å². The van der Waals surface area contributed by atoms with Gasteiger partial charge in [0.15, 0.2) is 5.43 Å². The second-order valence-electron chi connectivity index (χ2n) is 9.52. The Labute approximate surface area is 237 Å². The number of carbonyl (C=O) groups is 1. The molecular weight excluding hydrogens is 552 g/mol. The molecule has 1 aliphatic rings. The summed E-state index contributed by atoms with van der Waals surface area (Å²) in [6, 6.07) is 15.5. The predicted octanol–water partition coefficient (Wildman–Crippen LogP) is 2.02. The lowest BCUT2D eigenvalue weighted by molar-refractivity contribution is -0.278. The molecule has 0 aliphatic carbocycles. The van der Waals surface area contributed by atoms with Crippen LogP contribution in [0.5, 0.6) is 23.0 Å². The molecule has 1 aromatic heterocycles. The molecule has 4 aromatic rings. The van der Waals surface area contributed by atoms with Crippen molar-refractivity contribution in [3.05, 3.63) is 88.6 Å². The Hall–Kier alpha value is -4.88. The van der Waals surface area contributed by atoms with E-state index in [2.05, 4.69) is 0 Å². The van der Waals surface area contributed by atoms with Crippen LogP contribution in [0.4, 0.5) is 0 Å². The fourth-order valence-electron chi connectivity index (χ4n) is 4.33. The normalized spacial score (nSPS) is 22.3. The number of phenols is 3. The van der Waals surface area contributed by atoms with Crippen molar-refractivity contribution < 1.29 is 54.1 Å². The standard InChI is InChI=1S/C30H26O12/c31-17-6-1-15(2-7-17)3-10-25(35)39-14-24-27(36)28(37)29(38)30(42-24)40-19-11-20(33)26-21(34)13-22(41-23(26)12-19)16-4-8-18(32)9-5-16/h1-13,24,27-33,36-38H,14H2/b10-3+/t24-,27-,28-,29-,30+/m0/s1. The van der Waals surface area contributed by atoms with E-state index in [-0.39, 0.29) is 34.0 Å². The molecule has 1 aliphatic heterocycles. The molecule has 1 saturated heterocycles. The SMILES string of the molecule is O=C(/C=C/c1ccc(O)cc1)OC[C@@H]1O[C@@H](Oc2cc(O)c3c(=O)cc(-c4ccc(O)cc4)oc3c2)[C@@H](O)[C@@H](O)[C@H]1O. The summed E-state index contributed by atoms with van der Waals surface area (Å²) < 4.78 is 22.2. The third kappa shape index (κ3) is 6.21. The number of esters is 1. The quantitative estimate of drug-likeness (QED) is 0.138. The Morgan fingerprint density at radius 2 is 1.52 bits per heavy atom. The zero-order chi connectivity index (χ0) is 30.0. The van der Waals surface area contributed by atoms with Crippen molar-refractivity contribution in [1.29, 1.82) is 0 Å². The first-order chi connectivity index (χ1) is 20.1. The van der Waals surface area contributed by atoms with Gasteiger partial charge < -0.3 is 49.3 Å². The number of phenolic OH excluding ortho intramolecular Hbond substituents is 3. The van der Waals surface area contributed by atoms with Crippen molar-refractivity contribution in [1.82, 2.24) is 0 Å². The summed E-state index contributed by atoms with van der Waals surface area (Å²) in [5.41, 5.74) is 0.501. The Kier molecular flexibility index (Phi) is 8.13. The zero-order valence-corrected chi connectivity index (χ0v) is 21.7. The van der Waals surface area contributed by atoms with Crippen LogP contribution in [-0.2, 0) is 14.3 Å². The number of hydrogen-bond donors (Lipinski definition) is 6. The van der Waals surface area contributed by atoms with E-state index in [1.165, 1.54) is 54.6 Å². The Bertz CT molecular complexity index is 1660. The first-order valence-electron chi connectivity index (χ1n) is 12.7. The predicted molar refractivity (Wildman–Crippen MR) is 147 cm³/mol. The molecule has 0 bridgehead atoms. The highest BCUT2D eigenvalue weighted by atomic mass is 16.7. The molecule has 218 valence electrons. The van der Waals surface area contributed by atoms with Crippen molar-refractivity contribution in [3.8, 4) is 34.3 Å². The van der Waals surface area contributed by atoms with Crippen LogP contribution in [-0.4, -0.2) is 73.9 Å². The number of aliphatic hydroxyl groups excluding tert-OH is 3. The summed E-state index contributed by atoms with van der Waals surface area (Å²) in [5.74, 6) is -1.13. The molecule has 1 fully saturated rings. The van der Waals surface area contributed by atoms with Crippen LogP contribution in [0.15, 0.2) is 82.0 Å². The van der Waals surface area contributed by atoms with Gasteiger partial charge in [-0.1, -0.05) is 12.1 Å². The average molecular weight is 579 g/mol. The molecule has 5 atom stereocenters. The van der Waals surface area contributed by atoms with E-state index in [4.69, 9.17) is 18.6 Å². The van der Waals surface area contributed by atoms with Crippen molar-refractivity contribution in [2.75, 3.05) is 6.61 Å². The first-order valence-corrected chi connectivity index (χ1v) is 12.7. The fourth-order valence-corrected chi connectivity index (χ4v) is 4.33. The van der Waals surface area contributed by atoms with Crippen molar-refractivity contribution in [2.24, 2.45) is 0 Å². The van der Waals surface area contributed by atoms with Gasteiger partial charge in [-0.25, -0.2) is 4.79 Å². The minimum Gasteiger partial charge on any atom is -0.508 e. The van der Waals surface area contributed by atoms with Crippen molar-refractivity contribution in [2.45, 2.75) is 30.7 Å². The Balaban J connectivity index is 1.31. The van der Waals surface area contributed by atoms with Gasteiger partial charge in [0.2, 0.25) is 6.29 Å². The summed E-state index contributed by atoms with van der Waals surface area (Å²) in [7, 11) is 0. The van der Waals surface area contributed by atoms with Gasteiger partial charge >= 0.3 is 5.97 Å². The van der Waals surface area contributed by atoms with Crippen LogP contribution >= 0.6 is 0 Å². The third-order valence-electron chi connectivity index (χ3n) is 6.55. The highest BCUT2D eigenvalue weighted by Crippen LogP contribution is 2.33. The number of hydrogen-bond acceptors (Lipinski definition) is 12. The molecule has 12 nitrogen and oxygen atoms in total. The van der Waals surface area contributed by atoms with Crippen LogP contribution in [0.1, 0.15) is 5.56 Å². The lowest BCUT2D eigenvalue weighted by Crippen LogP contribution is -2.60. The number of benzene rings is 3. The van der Waals surface area contributed by atoms with Crippen LogP contribution in [0.2, 0.25) is 0 Å². The van der Waals surface area contributed by atoms with E-state index in [0.29, 0.717) is 11.1 Å². The smallest absolute Gasteiger partial charge is 0.330 e. The number of aromatic hydroxyl groups is 3. The molecule has 0 radical (unpaired) electrons. The maximum absolute atomic E-state index is 12.7. The molecule has 0 spiro atoms. The molecule has 0 saturated carbocycles. The number of rotatable bonds is 7. The number of aliphatic hydroxyl groups is 3. The van der Waals surface area contributed by atoms with Gasteiger partial charge in [0.05, 0.1) is 0 Å². The summed E-state index contributed by atoms with van der Waals surface area (Å²) in [5, 5.41) is 60.5. The van der Waals surface area contributed by atoms with Gasteiger partial charge in [-0.2, -0.15) is 0 Å². The minimum absolute atomic E-state index is 0.0205. The van der Waals surface area contributed by atoms with Gasteiger partial charge in [0.1, 0.15) is 70.8 Å². The highest BCUT2D eigenvalue weighted by Gasteiger charge is 2.45.